The van der Waals surface area contributed by atoms with Crippen LogP contribution in [0.15, 0.2) is 0 Å². The van der Waals surface area contributed by atoms with Crippen molar-refractivity contribution in [3.63, 3.8) is 0 Å². The van der Waals surface area contributed by atoms with Crippen molar-refractivity contribution in [1.82, 2.24) is 15.5 Å². The van der Waals surface area contributed by atoms with Gasteiger partial charge in [0.2, 0.25) is 5.91 Å². The van der Waals surface area contributed by atoms with Gasteiger partial charge in [0.05, 0.1) is 6.54 Å². The first-order chi connectivity index (χ1) is 8.86. The molecule has 0 unspecified atom stereocenters. The second-order valence-corrected chi connectivity index (χ2v) is 4.68. The van der Waals surface area contributed by atoms with Crippen LogP contribution < -0.4 is 10.6 Å². The maximum Gasteiger partial charge on any atom is 0.323 e. The van der Waals surface area contributed by atoms with E-state index in [0.29, 0.717) is 13.1 Å². The van der Waals surface area contributed by atoms with Gasteiger partial charge in [0.15, 0.2) is 0 Å². The van der Waals surface area contributed by atoms with Crippen LogP contribution in [0.1, 0.15) is 27.2 Å². The van der Waals surface area contributed by atoms with E-state index in [1.807, 2.05) is 20.8 Å². The summed E-state index contributed by atoms with van der Waals surface area (Å²) >= 11 is 0. The molecule has 0 fully saturated rings. The van der Waals surface area contributed by atoms with Crippen molar-refractivity contribution in [1.29, 1.82) is 0 Å². The zero-order valence-corrected chi connectivity index (χ0v) is 11.7. The zero-order chi connectivity index (χ0) is 14.8. The number of hydrogen-bond acceptors (Lipinski definition) is 3. The predicted octanol–water partition coefficient (Wildman–Crippen LogP) is 0.265. The van der Waals surface area contributed by atoms with E-state index in [4.69, 9.17) is 5.11 Å². The molecule has 0 aliphatic heterocycles. The summed E-state index contributed by atoms with van der Waals surface area (Å²) in [6.45, 7) is 6.06. The molecule has 0 spiro atoms. The van der Waals surface area contributed by atoms with Crippen LogP contribution in [0.4, 0.5) is 4.79 Å². The van der Waals surface area contributed by atoms with Gasteiger partial charge in [-0.05, 0) is 12.3 Å². The Balaban J connectivity index is 4.23. The molecule has 110 valence electrons. The summed E-state index contributed by atoms with van der Waals surface area (Å²) in [6, 6.07) is -0.539. The largest absolute Gasteiger partial charge is 0.480 e. The highest BCUT2D eigenvalue weighted by atomic mass is 16.4. The molecule has 3 amide bonds. The number of carboxylic acid groups (broad SMARTS) is 1. The molecule has 0 aliphatic carbocycles. The van der Waals surface area contributed by atoms with Crippen molar-refractivity contribution in [3.8, 4) is 0 Å². The normalized spacial score (nSPS) is 10.1. The van der Waals surface area contributed by atoms with Gasteiger partial charge in [-0.2, -0.15) is 0 Å². The summed E-state index contributed by atoms with van der Waals surface area (Å²) < 4.78 is 0. The van der Waals surface area contributed by atoms with Gasteiger partial charge in [0.25, 0.3) is 0 Å². The first-order valence-corrected chi connectivity index (χ1v) is 6.38. The Labute approximate surface area is 113 Å². The number of nitrogens with zero attached hydrogens (tertiary/aromatic N) is 1. The maximum absolute atomic E-state index is 11.8. The van der Waals surface area contributed by atoms with Gasteiger partial charge >= 0.3 is 12.0 Å². The number of aliphatic carboxylic acids is 1. The number of amides is 3. The lowest BCUT2D eigenvalue weighted by Gasteiger charge is -2.22. The molecule has 0 rings (SSSR count). The lowest BCUT2D eigenvalue weighted by molar-refractivity contribution is -0.137. The fraction of sp³-hybridized carbons (Fsp3) is 0.750. The molecule has 3 N–H and O–H groups in total. The van der Waals surface area contributed by atoms with Crippen LogP contribution in [0, 0.1) is 5.92 Å². The van der Waals surface area contributed by atoms with Crippen LogP contribution in [0.3, 0.4) is 0 Å². The molecule has 0 atom stereocenters. The van der Waals surface area contributed by atoms with Gasteiger partial charge in [-0.3, -0.25) is 9.59 Å². The van der Waals surface area contributed by atoms with E-state index < -0.39 is 12.0 Å². The van der Waals surface area contributed by atoms with E-state index in [1.54, 1.807) is 0 Å². The quantitative estimate of drug-likeness (QED) is 0.591. The average molecular weight is 273 g/mol. The van der Waals surface area contributed by atoms with Crippen LogP contribution in [-0.2, 0) is 9.59 Å². The average Bonchev–Trinajstić information content (AvgIpc) is 2.31. The van der Waals surface area contributed by atoms with Crippen molar-refractivity contribution in [2.75, 3.05) is 26.2 Å². The van der Waals surface area contributed by atoms with Gasteiger partial charge in [-0.25, -0.2) is 4.79 Å². The van der Waals surface area contributed by atoms with Crippen LogP contribution >= 0.6 is 0 Å². The fourth-order valence-electron chi connectivity index (χ4n) is 1.42. The summed E-state index contributed by atoms with van der Waals surface area (Å²) in [5, 5.41) is 13.8. The summed E-state index contributed by atoms with van der Waals surface area (Å²) in [5.41, 5.74) is 0. The Hall–Kier alpha value is -1.79. The van der Waals surface area contributed by atoms with Crippen molar-refractivity contribution in [2.45, 2.75) is 27.2 Å². The van der Waals surface area contributed by atoms with Gasteiger partial charge < -0.3 is 20.6 Å². The van der Waals surface area contributed by atoms with Crippen molar-refractivity contribution >= 4 is 17.9 Å². The first kappa shape index (κ1) is 17.2. The molecule has 0 aliphatic rings. The van der Waals surface area contributed by atoms with Crippen molar-refractivity contribution < 1.29 is 19.5 Å². The number of rotatable bonds is 8. The van der Waals surface area contributed by atoms with Gasteiger partial charge in [-0.1, -0.05) is 20.8 Å². The summed E-state index contributed by atoms with van der Waals surface area (Å²) in [6.07, 6.45) is 0.818. The second kappa shape index (κ2) is 9.18. The molecule has 7 heteroatoms. The first-order valence-electron chi connectivity index (χ1n) is 6.38. The standard InChI is InChI=1S/C12H23N3O4/c1-4-5-13-10(16)6-14-12(19)15(7-9(2)3)8-11(17)18/h9H,4-8H2,1-3H3,(H,13,16)(H,14,19)(H,17,18). The number of carbonyl (C=O) groups is 3. The minimum Gasteiger partial charge on any atom is -0.480 e. The highest BCUT2D eigenvalue weighted by molar-refractivity contribution is 5.85. The predicted molar refractivity (Wildman–Crippen MR) is 70.7 cm³/mol. The minimum atomic E-state index is -1.08. The van der Waals surface area contributed by atoms with Crippen LogP contribution in [0.25, 0.3) is 0 Å². The summed E-state index contributed by atoms with van der Waals surface area (Å²) in [4.78, 5) is 34.9. The highest BCUT2D eigenvalue weighted by Gasteiger charge is 2.18. The fourth-order valence-corrected chi connectivity index (χ4v) is 1.42. The lowest BCUT2D eigenvalue weighted by Crippen LogP contribution is -2.47. The summed E-state index contributed by atoms with van der Waals surface area (Å²) in [7, 11) is 0. The Morgan fingerprint density at radius 3 is 2.32 bits per heavy atom. The molecular formula is C12H23N3O4. The van der Waals surface area contributed by atoms with E-state index >= 15 is 0 Å². The molecule has 0 aromatic heterocycles. The molecule has 0 aromatic carbocycles. The maximum atomic E-state index is 11.8. The number of urea groups is 1. The third-order valence-corrected chi connectivity index (χ3v) is 2.17. The zero-order valence-electron chi connectivity index (χ0n) is 11.7. The molecule has 0 saturated carbocycles. The summed E-state index contributed by atoms with van der Waals surface area (Å²) in [5.74, 6) is -1.21. The third-order valence-electron chi connectivity index (χ3n) is 2.17. The number of carboxylic acids is 1. The van der Waals surface area contributed by atoms with Crippen LogP contribution in [0.2, 0.25) is 0 Å². The monoisotopic (exact) mass is 273 g/mol. The molecular weight excluding hydrogens is 250 g/mol. The van der Waals surface area contributed by atoms with Crippen molar-refractivity contribution in [2.24, 2.45) is 5.92 Å². The van der Waals surface area contributed by atoms with E-state index in [2.05, 4.69) is 10.6 Å². The Morgan fingerprint density at radius 2 is 1.84 bits per heavy atom. The second-order valence-electron chi connectivity index (χ2n) is 4.68. The minimum absolute atomic E-state index is 0.146. The third kappa shape index (κ3) is 8.87. The van der Waals surface area contributed by atoms with Gasteiger partial charge in [0.1, 0.15) is 6.54 Å². The van der Waals surface area contributed by atoms with E-state index in [1.165, 1.54) is 4.90 Å². The Morgan fingerprint density at radius 1 is 1.21 bits per heavy atom. The van der Waals surface area contributed by atoms with Crippen molar-refractivity contribution in [3.05, 3.63) is 0 Å². The Kier molecular flexibility index (Phi) is 8.32. The van der Waals surface area contributed by atoms with E-state index in [0.717, 1.165) is 6.42 Å². The molecule has 19 heavy (non-hydrogen) atoms. The smallest absolute Gasteiger partial charge is 0.323 e. The Bertz CT molecular complexity index is 318. The highest BCUT2D eigenvalue weighted by Crippen LogP contribution is 1.99. The van der Waals surface area contributed by atoms with Gasteiger partial charge in [0, 0.05) is 13.1 Å². The molecule has 0 saturated heterocycles. The molecule has 0 radical (unpaired) electrons. The molecule has 7 nitrogen and oxygen atoms in total. The van der Waals surface area contributed by atoms with E-state index in [-0.39, 0.29) is 24.9 Å². The molecule has 0 bridgehead atoms. The van der Waals surface area contributed by atoms with Gasteiger partial charge in [-0.15, -0.1) is 0 Å². The van der Waals surface area contributed by atoms with Crippen LogP contribution in [0.5, 0.6) is 0 Å². The molecule has 0 heterocycles. The van der Waals surface area contributed by atoms with Crippen LogP contribution in [-0.4, -0.2) is 54.1 Å². The lowest BCUT2D eigenvalue weighted by atomic mass is 10.2. The number of carbonyl (C=O) groups excluding carboxylic acids is 2. The molecule has 0 aromatic rings. The van der Waals surface area contributed by atoms with E-state index in [9.17, 15) is 14.4 Å². The number of nitrogens with one attached hydrogen (secondary N) is 2. The number of hydrogen-bond donors (Lipinski definition) is 3. The topological polar surface area (TPSA) is 98.7 Å². The SMILES string of the molecule is CCCNC(=O)CNC(=O)N(CC(=O)O)CC(C)C.